The van der Waals surface area contributed by atoms with E-state index in [2.05, 4.69) is 17.6 Å². The van der Waals surface area contributed by atoms with Gasteiger partial charge in [-0.2, -0.15) is 0 Å². The van der Waals surface area contributed by atoms with Gasteiger partial charge in [0.2, 0.25) is 0 Å². The van der Waals surface area contributed by atoms with E-state index < -0.39 is 0 Å². The SMILES string of the molecule is Cc1ccc(-c2ccc(C(=O)NN)s2)cc1. The summed E-state index contributed by atoms with van der Waals surface area (Å²) >= 11 is 1.43. The number of carbonyl (C=O) groups is 1. The van der Waals surface area contributed by atoms with Gasteiger partial charge in [0.15, 0.2) is 0 Å². The van der Waals surface area contributed by atoms with Gasteiger partial charge in [-0.1, -0.05) is 29.8 Å². The van der Waals surface area contributed by atoms with Crippen molar-refractivity contribution in [2.45, 2.75) is 6.92 Å². The molecule has 0 atom stereocenters. The Balaban J connectivity index is 2.31. The Labute approximate surface area is 97.9 Å². The number of hydrogen-bond donors (Lipinski definition) is 2. The van der Waals surface area contributed by atoms with Gasteiger partial charge in [0.1, 0.15) is 0 Å². The predicted molar refractivity (Wildman–Crippen MR) is 66.1 cm³/mol. The molecule has 0 aliphatic carbocycles. The summed E-state index contributed by atoms with van der Waals surface area (Å²) in [5, 5.41) is 0. The van der Waals surface area contributed by atoms with Crippen molar-refractivity contribution in [1.29, 1.82) is 0 Å². The number of nitrogens with two attached hydrogens (primary N) is 1. The highest BCUT2D eigenvalue weighted by Crippen LogP contribution is 2.28. The largest absolute Gasteiger partial charge is 0.289 e. The first kappa shape index (κ1) is 10.9. The van der Waals surface area contributed by atoms with Crippen molar-refractivity contribution in [3.8, 4) is 10.4 Å². The fourth-order valence-corrected chi connectivity index (χ4v) is 2.32. The van der Waals surface area contributed by atoms with Crippen molar-refractivity contribution in [1.82, 2.24) is 5.43 Å². The van der Waals surface area contributed by atoms with Crippen LogP contribution in [0.5, 0.6) is 0 Å². The van der Waals surface area contributed by atoms with Gasteiger partial charge in [0, 0.05) is 4.88 Å². The molecule has 0 bridgehead atoms. The van der Waals surface area contributed by atoms with Gasteiger partial charge in [0.05, 0.1) is 4.88 Å². The number of nitrogen functional groups attached to an aromatic ring is 1. The standard InChI is InChI=1S/C12H12N2OS/c1-8-2-4-9(5-3-8)10-6-7-11(16-10)12(15)14-13/h2-7H,13H2,1H3,(H,14,15). The summed E-state index contributed by atoms with van der Waals surface area (Å²) in [4.78, 5) is 13.0. The van der Waals surface area contributed by atoms with Gasteiger partial charge in [-0.05, 0) is 24.6 Å². The van der Waals surface area contributed by atoms with E-state index in [1.807, 2.05) is 25.1 Å². The number of nitrogens with one attached hydrogen (secondary N) is 1. The highest BCUT2D eigenvalue weighted by Gasteiger charge is 2.08. The fraction of sp³-hybridized carbons (Fsp3) is 0.0833. The molecule has 0 aliphatic heterocycles. The van der Waals surface area contributed by atoms with E-state index in [1.165, 1.54) is 16.9 Å². The minimum atomic E-state index is -0.247. The average Bonchev–Trinajstić information content (AvgIpc) is 2.78. The molecule has 0 aliphatic rings. The molecule has 2 aromatic rings. The molecule has 0 spiro atoms. The Bertz CT molecular complexity index is 502. The van der Waals surface area contributed by atoms with E-state index >= 15 is 0 Å². The zero-order valence-electron chi connectivity index (χ0n) is 8.86. The molecular formula is C12H12N2OS. The maximum absolute atomic E-state index is 11.3. The molecule has 4 heteroatoms. The molecule has 16 heavy (non-hydrogen) atoms. The van der Waals surface area contributed by atoms with Gasteiger partial charge >= 0.3 is 0 Å². The van der Waals surface area contributed by atoms with E-state index in [0.29, 0.717) is 4.88 Å². The molecule has 0 saturated carbocycles. The molecule has 0 unspecified atom stereocenters. The van der Waals surface area contributed by atoms with Crippen molar-refractivity contribution >= 4 is 17.2 Å². The normalized spacial score (nSPS) is 10.1. The summed E-state index contributed by atoms with van der Waals surface area (Å²) in [7, 11) is 0. The molecule has 82 valence electrons. The maximum atomic E-state index is 11.3. The third kappa shape index (κ3) is 2.13. The molecule has 3 N–H and O–H groups in total. The number of thiophene rings is 1. The molecule has 0 saturated heterocycles. The monoisotopic (exact) mass is 232 g/mol. The lowest BCUT2D eigenvalue weighted by molar-refractivity contribution is 0.0957. The third-order valence-corrected chi connectivity index (χ3v) is 3.43. The molecule has 1 aromatic carbocycles. The smallest absolute Gasteiger partial charge is 0.275 e. The van der Waals surface area contributed by atoms with Crippen molar-refractivity contribution < 1.29 is 4.79 Å². The molecule has 1 amide bonds. The van der Waals surface area contributed by atoms with Gasteiger partial charge in [0.25, 0.3) is 5.91 Å². The zero-order chi connectivity index (χ0) is 11.5. The quantitative estimate of drug-likeness (QED) is 0.474. The van der Waals surface area contributed by atoms with E-state index in [1.54, 1.807) is 6.07 Å². The van der Waals surface area contributed by atoms with Gasteiger partial charge < -0.3 is 0 Å². The van der Waals surface area contributed by atoms with Gasteiger partial charge in [-0.3, -0.25) is 10.2 Å². The van der Waals surface area contributed by atoms with Crippen LogP contribution in [0.3, 0.4) is 0 Å². The molecular weight excluding hydrogens is 220 g/mol. The second-order valence-corrected chi connectivity index (χ2v) is 4.59. The number of hydrogen-bond acceptors (Lipinski definition) is 3. The van der Waals surface area contributed by atoms with Crippen LogP contribution in [0.4, 0.5) is 0 Å². The summed E-state index contributed by atoms with van der Waals surface area (Å²) in [5.41, 5.74) is 4.47. The van der Waals surface area contributed by atoms with Gasteiger partial charge in [-0.15, -0.1) is 11.3 Å². The first-order valence-electron chi connectivity index (χ1n) is 4.88. The van der Waals surface area contributed by atoms with Crippen LogP contribution in [0.15, 0.2) is 36.4 Å². The van der Waals surface area contributed by atoms with Crippen LogP contribution in [-0.2, 0) is 0 Å². The second-order valence-electron chi connectivity index (χ2n) is 3.50. The first-order valence-corrected chi connectivity index (χ1v) is 5.70. The number of carbonyl (C=O) groups excluding carboxylic acids is 1. The number of rotatable bonds is 2. The molecule has 0 fully saturated rings. The van der Waals surface area contributed by atoms with E-state index in [4.69, 9.17) is 5.84 Å². The fourth-order valence-electron chi connectivity index (χ4n) is 1.40. The highest BCUT2D eigenvalue weighted by atomic mass is 32.1. The van der Waals surface area contributed by atoms with Gasteiger partial charge in [-0.25, -0.2) is 5.84 Å². The lowest BCUT2D eigenvalue weighted by Gasteiger charge is -1.97. The van der Waals surface area contributed by atoms with Crippen molar-refractivity contribution in [2.24, 2.45) is 5.84 Å². The maximum Gasteiger partial charge on any atom is 0.275 e. The van der Waals surface area contributed by atoms with E-state index in [9.17, 15) is 4.79 Å². The van der Waals surface area contributed by atoms with Crippen LogP contribution in [-0.4, -0.2) is 5.91 Å². The molecule has 3 nitrogen and oxygen atoms in total. The van der Waals surface area contributed by atoms with Crippen LogP contribution in [0, 0.1) is 6.92 Å². The van der Waals surface area contributed by atoms with Crippen molar-refractivity contribution in [3.63, 3.8) is 0 Å². The Morgan fingerprint density at radius 1 is 1.19 bits per heavy atom. The minimum Gasteiger partial charge on any atom is -0.289 e. The summed E-state index contributed by atoms with van der Waals surface area (Å²) in [6.45, 7) is 2.05. The lowest BCUT2D eigenvalue weighted by atomic mass is 10.1. The third-order valence-electron chi connectivity index (χ3n) is 2.30. The van der Waals surface area contributed by atoms with Crippen LogP contribution < -0.4 is 11.3 Å². The summed E-state index contributed by atoms with van der Waals surface area (Å²) in [5.74, 6) is 4.83. The Kier molecular flexibility index (Phi) is 3.03. The number of amides is 1. The Morgan fingerprint density at radius 3 is 2.50 bits per heavy atom. The molecule has 1 aromatic heterocycles. The second kappa shape index (κ2) is 4.47. The van der Waals surface area contributed by atoms with Crippen LogP contribution >= 0.6 is 11.3 Å². The Morgan fingerprint density at radius 2 is 1.88 bits per heavy atom. The lowest BCUT2D eigenvalue weighted by Crippen LogP contribution is -2.29. The van der Waals surface area contributed by atoms with Crippen molar-refractivity contribution in [3.05, 3.63) is 46.8 Å². The number of aryl methyl sites for hydroxylation is 1. The number of benzene rings is 1. The zero-order valence-corrected chi connectivity index (χ0v) is 9.67. The Hall–Kier alpha value is -1.65. The molecule has 2 rings (SSSR count). The number of hydrazine groups is 1. The van der Waals surface area contributed by atoms with Crippen LogP contribution in [0.1, 0.15) is 15.2 Å². The predicted octanol–water partition coefficient (Wildman–Crippen LogP) is 2.33. The average molecular weight is 232 g/mol. The summed E-state index contributed by atoms with van der Waals surface area (Å²) < 4.78 is 0. The highest BCUT2D eigenvalue weighted by molar-refractivity contribution is 7.17. The van der Waals surface area contributed by atoms with Crippen molar-refractivity contribution in [2.75, 3.05) is 0 Å². The molecule has 0 radical (unpaired) electrons. The van der Waals surface area contributed by atoms with Crippen LogP contribution in [0.25, 0.3) is 10.4 Å². The first-order chi connectivity index (χ1) is 7.70. The topological polar surface area (TPSA) is 55.1 Å². The van der Waals surface area contributed by atoms with E-state index in [0.717, 1.165) is 10.4 Å². The summed E-state index contributed by atoms with van der Waals surface area (Å²) in [6, 6.07) is 11.9. The van der Waals surface area contributed by atoms with E-state index in [-0.39, 0.29) is 5.91 Å². The molecule has 1 heterocycles. The minimum absolute atomic E-state index is 0.247. The van der Waals surface area contributed by atoms with Crippen LogP contribution in [0.2, 0.25) is 0 Å². The summed E-state index contributed by atoms with van der Waals surface area (Å²) in [6.07, 6.45) is 0.